The summed E-state index contributed by atoms with van der Waals surface area (Å²) in [6.07, 6.45) is 1.98. The number of aromatic nitrogens is 2. The predicted octanol–water partition coefficient (Wildman–Crippen LogP) is 4.47. The Bertz CT molecular complexity index is 833. The summed E-state index contributed by atoms with van der Waals surface area (Å²) in [6, 6.07) is 14.8. The van der Waals surface area contributed by atoms with E-state index in [0.29, 0.717) is 11.5 Å². The highest BCUT2D eigenvalue weighted by molar-refractivity contribution is 9.10. The molecule has 23 heavy (non-hydrogen) atoms. The van der Waals surface area contributed by atoms with E-state index in [0.717, 1.165) is 14.9 Å². The Morgan fingerprint density at radius 3 is 2.65 bits per heavy atom. The van der Waals surface area contributed by atoms with Gasteiger partial charge in [0, 0.05) is 20.5 Å². The number of rotatable bonds is 4. The van der Waals surface area contributed by atoms with E-state index < -0.39 is 0 Å². The van der Waals surface area contributed by atoms with Crippen molar-refractivity contribution in [1.82, 2.24) is 10.2 Å². The Morgan fingerprint density at radius 1 is 1.17 bits per heavy atom. The van der Waals surface area contributed by atoms with Crippen molar-refractivity contribution in [2.24, 2.45) is 0 Å². The minimum Gasteiger partial charge on any atom is -0.403 e. The van der Waals surface area contributed by atoms with Gasteiger partial charge in [0.1, 0.15) is 0 Å². The first-order valence-corrected chi connectivity index (χ1v) is 8.72. The van der Waals surface area contributed by atoms with Gasteiger partial charge in [-0.05, 0) is 48.7 Å². The highest BCUT2D eigenvalue weighted by Crippen LogP contribution is 2.23. The maximum absolute atomic E-state index is 12.2. The number of halogens is 1. The summed E-state index contributed by atoms with van der Waals surface area (Å²) < 4.78 is 6.39. The van der Waals surface area contributed by atoms with Crippen LogP contribution in [0.2, 0.25) is 0 Å². The molecule has 1 amide bonds. The normalized spacial score (nSPS) is 10.5. The zero-order valence-electron chi connectivity index (χ0n) is 12.1. The number of amides is 1. The standard InChI is InChI=1S/C16H12BrN3O2S/c1-23-13-7-5-10(6-8-13)14(21)18-16-20-19-15(22-16)11-3-2-4-12(17)9-11/h2-9H,1H3,(H,18,20,21). The van der Waals surface area contributed by atoms with Crippen molar-refractivity contribution < 1.29 is 9.21 Å². The van der Waals surface area contributed by atoms with Crippen LogP contribution in [0.3, 0.4) is 0 Å². The molecule has 116 valence electrons. The van der Waals surface area contributed by atoms with Crippen LogP contribution >= 0.6 is 27.7 Å². The molecule has 7 heteroatoms. The van der Waals surface area contributed by atoms with Crippen LogP contribution < -0.4 is 5.32 Å². The molecule has 0 aliphatic rings. The third kappa shape index (κ3) is 3.80. The summed E-state index contributed by atoms with van der Waals surface area (Å²) in [5.74, 6) is 0.0569. The van der Waals surface area contributed by atoms with Gasteiger partial charge in [0.15, 0.2) is 0 Å². The number of hydrogen-bond donors (Lipinski definition) is 1. The van der Waals surface area contributed by atoms with Crippen LogP contribution in [0, 0.1) is 0 Å². The molecule has 0 spiro atoms. The quantitative estimate of drug-likeness (QED) is 0.666. The molecule has 0 fully saturated rings. The first kappa shape index (κ1) is 15.8. The van der Waals surface area contributed by atoms with Gasteiger partial charge in [-0.2, -0.15) is 0 Å². The van der Waals surface area contributed by atoms with Crippen LogP contribution in [0.25, 0.3) is 11.5 Å². The van der Waals surface area contributed by atoms with Gasteiger partial charge in [0.05, 0.1) is 0 Å². The third-order valence-electron chi connectivity index (χ3n) is 3.07. The lowest BCUT2D eigenvalue weighted by molar-refractivity contribution is 0.102. The van der Waals surface area contributed by atoms with Crippen LogP contribution in [0.4, 0.5) is 6.01 Å². The Morgan fingerprint density at radius 2 is 1.96 bits per heavy atom. The van der Waals surface area contributed by atoms with Crippen LogP contribution in [0.1, 0.15) is 10.4 Å². The largest absolute Gasteiger partial charge is 0.403 e. The second-order valence-corrected chi connectivity index (χ2v) is 6.40. The summed E-state index contributed by atoms with van der Waals surface area (Å²) in [7, 11) is 0. The Kier molecular flexibility index (Phi) is 4.78. The Labute approximate surface area is 145 Å². The number of nitrogens with zero attached hydrogens (tertiary/aromatic N) is 2. The summed E-state index contributed by atoms with van der Waals surface area (Å²) in [5, 5.41) is 10.4. The number of thioether (sulfide) groups is 1. The fourth-order valence-electron chi connectivity index (χ4n) is 1.92. The highest BCUT2D eigenvalue weighted by atomic mass is 79.9. The van der Waals surface area contributed by atoms with Crippen molar-refractivity contribution in [2.45, 2.75) is 4.90 Å². The summed E-state index contributed by atoms with van der Waals surface area (Å²) >= 11 is 5.01. The molecule has 5 nitrogen and oxygen atoms in total. The molecule has 1 heterocycles. The zero-order valence-corrected chi connectivity index (χ0v) is 14.5. The monoisotopic (exact) mass is 389 g/mol. The molecule has 0 bridgehead atoms. The highest BCUT2D eigenvalue weighted by Gasteiger charge is 2.13. The van der Waals surface area contributed by atoms with Crippen molar-refractivity contribution in [3.8, 4) is 11.5 Å². The number of anilines is 1. The lowest BCUT2D eigenvalue weighted by Gasteiger charge is -2.01. The molecule has 0 aliphatic heterocycles. The molecule has 0 atom stereocenters. The van der Waals surface area contributed by atoms with Gasteiger partial charge in [0.25, 0.3) is 5.91 Å². The van der Waals surface area contributed by atoms with Crippen molar-refractivity contribution in [2.75, 3.05) is 11.6 Å². The molecular weight excluding hydrogens is 378 g/mol. The maximum Gasteiger partial charge on any atom is 0.322 e. The number of hydrogen-bond acceptors (Lipinski definition) is 5. The van der Waals surface area contributed by atoms with Gasteiger partial charge in [0.2, 0.25) is 5.89 Å². The van der Waals surface area contributed by atoms with Crippen molar-refractivity contribution in [1.29, 1.82) is 0 Å². The molecular formula is C16H12BrN3O2S. The first-order chi connectivity index (χ1) is 11.2. The lowest BCUT2D eigenvalue weighted by atomic mass is 10.2. The van der Waals surface area contributed by atoms with Crippen molar-refractivity contribution in [3.05, 3.63) is 58.6 Å². The van der Waals surface area contributed by atoms with E-state index in [2.05, 4.69) is 31.4 Å². The molecule has 0 unspecified atom stereocenters. The molecule has 3 rings (SSSR count). The third-order valence-corrected chi connectivity index (χ3v) is 4.31. The first-order valence-electron chi connectivity index (χ1n) is 6.70. The lowest BCUT2D eigenvalue weighted by Crippen LogP contribution is -2.11. The van der Waals surface area contributed by atoms with Gasteiger partial charge in [-0.3, -0.25) is 10.1 Å². The number of carbonyl (C=O) groups excluding carboxylic acids is 1. The van der Waals surface area contributed by atoms with Crippen LogP contribution in [-0.2, 0) is 0 Å². The topological polar surface area (TPSA) is 68.0 Å². The molecule has 0 saturated carbocycles. The summed E-state index contributed by atoms with van der Waals surface area (Å²) in [5.41, 5.74) is 1.31. The average Bonchev–Trinajstić information content (AvgIpc) is 3.03. The summed E-state index contributed by atoms with van der Waals surface area (Å²) in [4.78, 5) is 13.3. The van der Waals surface area contributed by atoms with E-state index in [1.54, 1.807) is 23.9 Å². The van der Waals surface area contributed by atoms with E-state index in [1.165, 1.54) is 0 Å². The van der Waals surface area contributed by atoms with Crippen LogP contribution in [-0.4, -0.2) is 22.4 Å². The van der Waals surface area contributed by atoms with Gasteiger partial charge in [-0.1, -0.05) is 27.1 Å². The van der Waals surface area contributed by atoms with Crippen molar-refractivity contribution >= 4 is 39.6 Å². The molecule has 0 saturated heterocycles. The molecule has 2 aromatic carbocycles. The van der Waals surface area contributed by atoms with Gasteiger partial charge in [-0.25, -0.2) is 0 Å². The molecule has 0 radical (unpaired) electrons. The average molecular weight is 390 g/mol. The van der Waals surface area contributed by atoms with E-state index in [-0.39, 0.29) is 11.9 Å². The predicted molar refractivity (Wildman–Crippen MR) is 93.6 cm³/mol. The number of carbonyl (C=O) groups is 1. The number of benzene rings is 2. The fourth-order valence-corrected chi connectivity index (χ4v) is 2.73. The van der Waals surface area contributed by atoms with E-state index >= 15 is 0 Å². The Hall–Kier alpha value is -2.12. The maximum atomic E-state index is 12.2. The Balaban J connectivity index is 1.74. The van der Waals surface area contributed by atoms with E-state index in [1.807, 2.05) is 42.7 Å². The van der Waals surface area contributed by atoms with Gasteiger partial charge < -0.3 is 4.42 Å². The van der Waals surface area contributed by atoms with Crippen LogP contribution in [0.5, 0.6) is 0 Å². The fraction of sp³-hybridized carbons (Fsp3) is 0.0625. The zero-order chi connectivity index (χ0) is 16.2. The molecule has 0 aliphatic carbocycles. The van der Waals surface area contributed by atoms with Crippen LogP contribution in [0.15, 0.2) is 62.3 Å². The number of nitrogens with one attached hydrogen (secondary N) is 1. The molecule has 1 N–H and O–H groups in total. The second-order valence-electron chi connectivity index (χ2n) is 4.61. The van der Waals surface area contributed by atoms with E-state index in [4.69, 9.17) is 4.42 Å². The minimum absolute atomic E-state index is 0.0684. The molecule has 1 aromatic heterocycles. The molecule has 3 aromatic rings. The summed E-state index contributed by atoms with van der Waals surface area (Å²) in [6.45, 7) is 0. The van der Waals surface area contributed by atoms with E-state index in [9.17, 15) is 4.79 Å². The van der Waals surface area contributed by atoms with Gasteiger partial charge >= 0.3 is 6.01 Å². The SMILES string of the molecule is CSc1ccc(C(=O)Nc2nnc(-c3cccc(Br)c3)o2)cc1. The smallest absolute Gasteiger partial charge is 0.322 e. The van der Waals surface area contributed by atoms with Gasteiger partial charge in [-0.15, -0.1) is 16.9 Å². The van der Waals surface area contributed by atoms with Crippen molar-refractivity contribution in [3.63, 3.8) is 0 Å². The minimum atomic E-state index is -0.290. The second kappa shape index (κ2) is 6.97.